The first-order chi connectivity index (χ1) is 9.38. The lowest BCUT2D eigenvalue weighted by Gasteiger charge is -2.10. The van der Waals surface area contributed by atoms with E-state index in [2.05, 4.69) is 15.5 Å². The van der Waals surface area contributed by atoms with E-state index >= 15 is 0 Å². The number of hydrogen-bond donors (Lipinski definition) is 2. The molecule has 0 aliphatic rings. The number of H-pyrrole nitrogens is 1. The van der Waals surface area contributed by atoms with Gasteiger partial charge in [0.1, 0.15) is 5.02 Å². The standard InChI is InChI=1S/C12H9ClF3N3O/c13-10-9(6-18-19-11(10)20)17-5-7-2-1-3-8(4-7)12(14,15)16/h1-4,6H,5H2,(H2,17,19,20). The molecule has 0 amide bonds. The average molecular weight is 304 g/mol. The van der Waals surface area contributed by atoms with Crippen molar-refractivity contribution in [1.82, 2.24) is 10.2 Å². The molecule has 0 aliphatic heterocycles. The van der Waals surface area contributed by atoms with Crippen molar-refractivity contribution in [2.75, 3.05) is 5.32 Å². The van der Waals surface area contributed by atoms with Gasteiger partial charge in [0, 0.05) is 6.54 Å². The molecule has 1 aromatic carbocycles. The van der Waals surface area contributed by atoms with E-state index in [0.717, 1.165) is 12.1 Å². The van der Waals surface area contributed by atoms with Gasteiger partial charge in [0.2, 0.25) is 0 Å². The van der Waals surface area contributed by atoms with Crippen LogP contribution in [0, 0.1) is 0 Å². The van der Waals surface area contributed by atoms with E-state index in [9.17, 15) is 18.0 Å². The Morgan fingerprint density at radius 1 is 1.35 bits per heavy atom. The van der Waals surface area contributed by atoms with Crippen LogP contribution in [-0.4, -0.2) is 10.2 Å². The predicted molar refractivity (Wildman–Crippen MR) is 68.6 cm³/mol. The Kier molecular flexibility index (Phi) is 3.99. The summed E-state index contributed by atoms with van der Waals surface area (Å²) in [6.45, 7) is 0.0920. The highest BCUT2D eigenvalue weighted by Crippen LogP contribution is 2.29. The quantitative estimate of drug-likeness (QED) is 0.916. The third-order valence-electron chi connectivity index (χ3n) is 2.53. The van der Waals surface area contributed by atoms with Gasteiger partial charge < -0.3 is 5.32 Å². The number of aromatic amines is 1. The maximum absolute atomic E-state index is 12.6. The fourth-order valence-electron chi connectivity index (χ4n) is 1.56. The topological polar surface area (TPSA) is 57.8 Å². The second-order valence-corrected chi connectivity index (χ2v) is 4.36. The van der Waals surface area contributed by atoms with Crippen LogP contribution in [0.5, 0.6) is 0 Å². The predicted octanol–water partition coefficient (Wildman–Crippen LogP) is 3.05. The van der Waals surface area contributed by atoms with Gasteiger partial charge >= 0.3 is 6.18 Å². The van der Waals surface area contributed by atoms with E-state index in [1.54, 1.807) is 0 Å². The van der Waals surface area contributed by atoms with Crippen molar-refractivity contribution in [2.45, 2.75) is 12.7 Å². The third kappa shape index (κ3) is 3.30. The summed E-state index contributed by atoms with van der Waals surface area (Å²) in [7, 11) is 0. The molecule has 2 N–H and O–H groups in total. The van der Waals surface area contributed by atoms with Crippen molar-refractivity contribution in [3.8, 4) is 0 Å². The molecule has 0 bridgehead atoms. The van der Waals surface area contributed by atoms with Crippen molar-refractivity contribution in [3.05, 3.63) is 57.0 Å². The fraction of sp³-hybridized carbons (Fsp3) is 0.167. The summed E-state index contributed by atoms with van der Waals surface area (Å²) >= 11 is 5.74. The summed E-state index contributed by atoms with van der Waals surface area (Å²) in [6.07, 6.45) is -3.10. The lowest BCUT2D eigenvalue weighted by molar-refractivity contribution is -0.137. The Hall–Kier alpha value is -2.02. The number of hydrogen-bond acceptors (Lipinski definition) is 3. The van der Waals surface area contributed by atoms with Gasteiger partial charge in [-0.1, -0.05) is 23.7 Å². The number of benzene rings is 1. The summed E-state index contributed by atoms with van der Waals surface area (Å²) < 4.78 is 37.7. The van der Waals surface area contributed by atoms with Crippen molar-refractivity contribution < 1.29 is 13.2 Å². The number of alkyl halides is 3. The molecule has 1 aromatic heterocycles. The van der Waals surface area contributed by atoms with Crippen molar-refractivity contribution in [2.24, 2.45) is 0 Å². The van der Waals surface area contributed by atoms with Gasteiger partial charge in [-0.3, -0.25) is 4.79 Å². The van der Waals surface area contributed by atoms with Gasteiger partial charge in [-0.2, -0.15) is 18.3 Å². The summed E-state index contributed by atoms with van der Waals surface area (Å²) in [5, 5.41) is 8.37. The second-order valence-electron chi connectivity index (χ2n) is 3.98. The Morgan fingerprint density at radius 2 is 2.10 bits per heavy atom. The fourth-order valence-corrected chi connectivity index (χ4v) is 1.72. The molecule has 0 saturated heterocycles. The monoisotopic (exact) mass is 303 g/mol. The Labute approximate surface area is 116 Å². The molecule has 0 atom stereocenters. The molecule has 0 saturated carbocycles. The summed E-state index contributed by atoms with van der Waals surface area (Å²) in [4.78, 5) is 11.2. The molecular weight excluding hydrogens is 295 g/mol. The number of anilines is 1. The van der Waals surface area contributed by atoms with Gasteiger partial charge in [-0.25, -0.2) is 5.10 Å². The smallest absolute Gasteiger partial charge is 0.378 e. The van der Waals surface area contributed by atoms with Gasteiger partial charge in [0.15, 0.2) is 0 Å². The molecule has 4 nitrogen and oxygen atoms in total. The molecule has 0 aliphatic carbocycles. The van der Waals surface area contributed by atoms with Crippen LogP contribution in [0.2, 0.25) is 5.02 Å². The highest BCUT2D eigenvalue weighted by Gasteiger charge is 2.30. The van der Waals surface area contributed by atoms with Crippen molar-refractivity contribution >= 4 is 17.3 Å². The third-order valence-corrected chi connectivity index (χ3v) is 2.91. The molecule has 0 radical (unpaired) electrons. The number of rotatable bonds is 3. The minimum atomic E-state index is -4.39. The first-order valence-electron chi connectivity index (χ1n) is 5.51. The lowest BCUT2D eigenvalue weighted by atomic mass is 10.1. The van der Waals surface area contributed by atoms with Gasteiger partial charge in [0.25, 0.3) is 5.56 Å². The molecule has 20 heavy (non-hydrogen) atoms. The molecule has 2 aromatic rings. The van der Waals surface area contributed by atoms with Crippen molar-refractivity contribution in [1.29, 1.82) is 0 Å². The maximum atomic E-state index is 12.6. The normalized spacial score (nSPS) is 11.4. The minimum Gasteiger partial charge on any atom is -0.378 e. The van der Waals surface area contributed by atoms with E-state index in [0.29, 0.717) is 5.56 Å². The molecule has 0 spiro atoms. The zero-order chi connectivity index (χ0) is 14.8. The van der Waals surface area contributed by atoms with E-state index in [1.165, 1.54) is 18.3 Å². The lowest BCUT2D eigenvalue weighted by Crippen LogP contribution is -2.12. The Balaban J connectivity index is 2.15. The zero-order valence-electron chi connectivity index (χ0n) is 9.96. The van der Waals surface area contributed by atoms with E-state index in [-0.39, 0.29) is 17.3 Å². The summed E-state index contributed by atoms with van der Waals surface area (Å²) in [6, 6.07) is 4.88. The van der Waals surface area contributed by atoms with Gasteiger partial charge in [0.05, 0.1) is 17.4 Å². The van der Waals surface area contributed by atoms with Crippen LogP contribution in [0.3, 0.4) is 0 Å². The molecule has 8 heteroatoms. The highest BCUT2D eigenvalue weighted by atomic mass is 35.5. The molecular formula is C12H9ClF3N3O. The van der Waals surface area contributed by atoms with Crippen LogP contribution in [0.1, 0.15) is 11.1 Å². The SMILES string of the molecule is O=c1[nH]ncc(NCc2cccc(C(F)(F)F)c2)c1Cl. The average Bonchev–Trinajstić information content (AvgIpc) is 2.40. The first-order valence-corrected chi connectivity index (χ1v) is 5.89. The van der Waals surface area contributed by atoms with Crippen LogP contribution >= 0.6 is 11.6 Å². The summed E-state index contributed by atoms with van der Waals surface area (Å²) in [5.74, 6) is 0. The van der Waals surface area contributed by atoms with E-state index in [1.807, 2.05) is 0 Å². The maximum Gasteiger partial charge on any atom is 0.416 e. The van der Waals surface area contributed by atoms with E-state index in [4.69, 9.17) is 11.6 Å². The molecule has 1 heterocycles. The van der Waals surface area contributed by atoms with Crippen molar-refractivity contribution in [3.63, 3.8) is 0 Å². The molecule has 106 valence electrons. The largest absolute Gasteiger partial charge is 0.416 e. The summed E-state index contributed by atoms with van der Waals surface area (Å²) in [5.41, 5.74) is -0.628. The number of nitrogens with zero attached hydrogens (tertiary/aromatic N) is 1. The second kappa shape index (κ2) is 5.54. The van der Waals surface area contributed by atoms with Crippen LogP contribution in [0.4, 0.5) is 18.9 Å². The Bertz CT molecular complexity index is 669. The first kappa shape index (κ1) is 14.4. The zero-order valence-corrected chi connectivity index (χ0v) is 10.7. The highest BCUT2D eigenvalue weighted by molar-refractivity contribution is 6.32. The van der Waals surface area contributed by atoms with Crippen LogP contribution < -0.4 is 10.9 Å². The number of halogens is 4. The molecule has 2 rings (SSSR count). The Morgan fingerprint density at radius 3 is 2.80 bits per heavy atom. The number of aromatic nitrogens is 2. The molecule has 0 unspecified atom stereocenters. The van der Waals surface area contributed by atoms with Crippen LogP contribution in [0.25, 0.3) is 0 Å². The van der Waals surface area contributed by atoms with E-state index < -0.39 is 17.3 Å². The van der Waals surface area contributed by atoms with Gasteiger partial charge in [-0.05, 0) is 17.7 Å². The van der Waals surface area contributed by atoms with Crippen LogP contribution in [0.15, 0.2) is 35.3 Å². The van der Waals surface area contributed by atoms with Crippen LogP contribution in [-0.2, 0) is 12.7 Å². The minimum absolute atomic E-state index is 0.0908. The number of nitrogens with one attached hydrogen (secondary N) is 2. The molecule has 0 fully saturated rings. The van der Waals surface area contributed by atoms with Gasteiger partial charge in [-0.15, -0.1) is 0 Å².